The van der Waals surface area contributed by atoms with Gasteiger partial charge < -0.3 is 4.90 Å². The highest BCUT2D eigenvalue weighted by Crippen LogP contribution is 2.58. The Balaban J connectivity index is 1.24. The highest BCUT2D eigenvalue weighted by atomic mass is 32.1. The number of benzene rings is 8. The standard InChI is InChI=1S/C48H29NS/c1-2-13-30(14-3-1)32-15-6-8-23-42(32)49(43-24-12-26-45-48(43)40-18-7-9-25-44(40)50-45)31-27-28-34-37-20-11-21-38-39-22-10-19-36(47(39)41(34)29-31)33-16-4-5-17-35(33)46(37)38/h1-29H. The van der Waals surface area contributed by atoms with Gasteiger partial charge in [0.05, 0.1) is 11.4 Å². The van der Waals surface area contributed by atoms with Gasteiger partial charge in [-0.3, -0.25) is 0 Å². The molecule has 232 valence electrons. The first kappa shape index (κ1) is 27.7. The number of nitrogens with zero attached hydrogens (tertiary/aromatic N) is 1. The highest BCUT2D eigenvalue weighted by Gasteiger charge is 2.31. The fourth-order valence-electron chi connectivity index (χ4n) is 8.51. The van der Waals surface area contributed by atoms with Crippen LogP contribution >= 0.6 is 11.3 Å². The van der Waals surface area contributed by atoms with E-state index in [2.05, 4.69) is 181 Å². The average molecular weight is 652 g/mol. The lowest BCUT2D eigenvalue weighted by molar-refractivity contribution is 1.30. The predicted octanol–water partition coefficient (Wildman–Crippen LogP) is 14.2. The number of anilines is 3. The molecule has 0 spiro atoms. The number of rotatable bonds is 4. The second-order valence-corrected chi connectivity index (χ2v) is 14.3. The van der Waals surface area contributed by atoms with Crippen molar-refractivity contribution in [1.82, 2.24) is 0 Å². The van der Waals surface area contributed by atoms with Gasteiger partial charge in [-0.05, 0) is 97.6 Å². The molecule has 0 aliphatic heterocycles. The Morgan fingerprint density at radius 2 is 0.880 bits per heavy atom. The van der Waals surface area contributed by atoms with Gasteiger partial charge in [-0.2, -0.15) is 0 Å². The van der Waals surface area contributed by atoms with Crippen molar-refractivity contribution in [3.8, 4) is 66.8 Å². The molecule has 11 rings (SSSR count). The summed E-state index contributed by atoms with van der Waals surface area (Å²) in [6.07, 6.45) is 0. The van der Waals surface area contributed by atoms with Gasteiger partial charge in [0, 0.05) is 31.4 Å². The number of thiophene rings is 1. The molecule has 1 aromatic heterocycles. The number of hydrogen-bond acceptors (Lipinski definition) is 2. The molecule has 0 amide bonds. The predicted molar refractivity (Wildman–Crippen MR) is 214 cm³/mol. The summed E-state index contributed by atoms with van der Waals surface area (Å²) in [4.78, 5) is 2.51. The van der Waals surface area contributed by atoms with Crippen LogP contribution in [0.5, 0.6) is 0 Å². The third-order valence-electron chi connectivity index (χ3n) is 10.6. The van der Waals surface area contributed by atoms with E-state index in [1.807, 2.05) is 11.3 Å². The third kappa shape index (κ3) is 3.88. The smallest absolute Gasteiger partial charge is 0.0555 e. The molecule has 0 atom stereocenters. The van der Waals surface area contributed by atoms with Crippen molar-refractivity contribution < 1.29 is 0 Å². The molecule has 0 radical (unpaired) electrons. The van der Waals surface area contributed by atoms with E-state index in [1.165, 1.54) is 92.6 Å². The minimum absolute atomic E-state index is 1.14. The van der Waals surface area contributed by atoms with Crippen molar-refractivity contribution in [2.45, 2.75) is 0 Å². The summed E-state index contributed by atoms with van der Waals surface area (Å²) in [7, 11) is 0. The summed E-state index contributed by atoms with van der Waals surface area (Å²) in [5.74, 6) is 0. The molecule has 9 aromatic rings. The second-order valence-electron chi connectivity index (χ2n) is 13.2. The highest BCUT2D eigenvalue weighted by molar-refractivity contribution is 7.26. The van der Waals surface area contributed by atoms with Gasteiger partial charge in [0.15, 0.2) is 0 Å². The molecule has 0 unspecified atom stereocenters. The van der Waals surface area contributed by atoms with Crippen LogP contribution in [0.3, 0.4) is 0 Å². The van der Waals surface area contributed by atoms with Crippen molar-refractivity contribution in [3.05, 3.63) is 176 Å². The maximum Gasteiger partial charge on any atom is 0.0555 e. The van der Waals surface area contributed by atoms with Gasteiger partial charge >= 0.3 is 0 Å². The molecule has 1 heterocycles. The van der Waals surface area contributed by atoms with E-state index in [9.17, 15) is 0 Å². The van der Waals surface area contributed by atoms with Gasteiger partial charge in [-0.1, -0.05) is 140 Å². The Hall–Kier alpha value is -6.22. The van der Waals surface area contributed by atoms with E-state index in [-0.39, 0.29) is 0 Å². The molecule has 6 bridgehead atoms. The van der Waals surface area contributed by atoms with Crippen LogP contribution in [-0.2, 0) is 0 Å². The number of hydrogen-bond donors (Lipinski definition) is 0. The van der Waals surface area contributed by atoms with Crippen LogP contribution in [0.15, 0.2) is 176 Å². The van der Waals surface area contributed by atoms with E-state index in [4.69, 9.17) is 0 Å². The summed E-state index contributed by atoms with van der Waals surface area (Å²) >= 11 is 1.87. The third-order valence-corrected chi connectivity index (χ3v) is 11.7. The van der Waals surface area contributed by atoms with Gasteiger partial charge in [-0.15, -0.1) is 11.3 Å². The SMILES string of the molecule is c1ccc(-c2ccccc2N(c2ccc3c(c2)-c2c4cccc2-c2cccc-3c2-c2ccccc2-4)c2cccc3sc4ccccc4c23)cc1. The van der Waals surface area contributed by atoms with Crippen LogP contribution in [-0.4, -0.2) is 0 Å². The van der Waals surface area contributed by atoms with E-state index >= 15 is 0 Å². The van der Waals surface area contributed by atoms with Crippen molar-refractivity contribution in [1.29, 1.82) is 0 Å². The molecule has 2 heteroatoms. The molecule has 2 aliphatic carbocycles. The average Bonchev–Trinajstić information content (AvgIpc) is 3.52. The number of para-hydroxylation sites is 1. The minimum Gasteiger partial charge on any atom is -0.309 e. The first-order chi connectivity index (χ1) is 24.8. The minimum atomic E-state index is 1.14. The molecular weight excluding hydrogens is 623 g/mol. The maximum atomic E-state index is 2.51. The lowest BCUT2D eigenvalue weighted by Crippen LogP contribution is -2.12. The van der Waals surface area contributed by atoms with Crippen molar-refractivity contribution >= 4 is 48.6 Å². The Labute approximate surface area is 295 Å². The van der Waals surface area contributed by atoms with E-state index in [0.29, 0.717) is 0 Å². The van der Waals surface area contributed by atoms with E-state index in [0.717, 1.165) is 11.4 Å². The zero-order chi connectivity index (χ0) is 32.8. The van der Waals surface area contributed by atoms with Crippen molar-refractivity contribution in [2.75, 3.05) is 4.90 Å². The Morgan fingerprint density at radius 3 is 1.68 bits per heavy atom. The van der Waals surface area contributed by atoms with E-state index in [1.54, 1.807) is 0 Å². The maximum absolute atomic E-state index is 2.51. The van der Waals surface area contributed by atoms with Gasteiger partial charge in [-0.25, -0.2) is 0 Å². The summed E-state index contributed by atoms with van der Waals surface area (Å²) < 4.78 is 2.60. The van der Waals surface area contributed by atoms with Crippen LogP contribution < -0.4 is 4.90 Å². The quantitative estimate of drug-likeness (QED) is 0.183. The summed E-state index contributed by atoms with van der Waals surface area (Å²) in [5.41, 5.74) is 18.9. The zero-order valence-corrected chi connectivity index (χ0v) is 27.9. The Bertz CT molecular complexity index is 2800. The molecule has 1 nitrogen and oxygen atoms in total. The van der Waals surface area contributed by atoms with Crippen LogP contribution in [0.25, 0.3) is 86.9 Å². The monoisotopic (exact) mass is 651 g/mol. The fourth-order valence-corrected chi connectivity index (χ4v) is 9.64. The van der Waals surface area contributed by atoms with Crippen LogP contribution in [0.1, 0.15) is 0 Å². The van der Waals surface area contributed by atoms with E-state index < -0.39 is 0 Å². The molecule has 2 aliphatic rings. The molecule has 8 aromatic carbocycles. The van der Waals surface area contributed by atoms with Gasteiger partial charge in [0.2, 0.25) is 0 Å². The molecule has 0 saturated carbocycles. The van der Waals surface area contributed by atoms with Crippen molar-refractivity contribution in [2.24, 2.45) is 0 Å². The fraction of sp³-hybridized carbons (Fsp3) is 0. The lowest BCUT2D eigenvalue weighted by atomic mass is 9.83. The number of fused-ring (bicyclic) bond motifs is 7. The molecule has 0 saturated heterocycles. The van der Waals surface area contributed by atoms with Crippen LogP contribution in [0.2, 0.25) is 0 Å². The Kier molecular flexibility index (Phi) is 5.89. The largest absolute Gasteiger partial charge is 0.309 e. The molecule has 0 fully saturated rings. The first-order valence-electron chi connectivity index (χ1n) is 17.2. The lowest BCUT2D eigenvalue weighted by Gasteiger charge is -2.30. The molecule has 0 N–H and O–H groups in total. The van der Waals surface area contributed by atoms with Gasteiger partial charge in [0.25, 0.3) is 0 Å². The van der Waals surface area contributed by atoms with Crippen molar-refractivity contribution in [3.63, 3.8) is 0 Å². The van der Waals surface area contributed by atoms with Crippen LogP contribution in [0, 0.1) is 0 Å². The topological polar surface area (TPSA) is 3.24 Å². The van der Waals surface area contributed by atoms with Gasteiger partial charge in [0.1, 0.15) is 0 Å². The zero-order valence-electron chi connectivity index (χ0n) is 27.1. The molecule has 50 heavy (non-hydrogen) atoms. The second kappa shape index (κ2) is 10.6. The Morgan fingerprint density at radius 1 is 0.340 bits per heavy atom. The van der Waals surface area contributed by atoms with Crippen LogP contribution in [0.4, 0.5) is 17.1 Å². The summed E-state index contributed by atoms with van der Waals surface area (Å²) in [6.45, 7) is 0. The summed E-state index contributed by atoms with van der Waals surface area (Å²) in [5, 5.41) is 2.58. The molecular formula is C48H29NS. The summed E-state index contributed by atoms with van der Waals surface area (Å²) in [6, 6.07) is 65.1. The normalized spacial score (nSPS) is 12.0. The first-order valence-corrected chi connectivity index (χ1v) is 18.0.